The predicted octanol–water partition coefficient (Wildman–Crippen LogP) is 4.67. The van der Waals surface area contributed by atoms with Gasteiger partial charge in [-0.2, -0.15) is 5.26 Å². The van der Waals surface area contributed by atoms with E-state index in [9.17, 15) is 10.4 Å². The summed E-state index contributed by atoms with van der Waals surface area (Å²) in [7, 11) is 0. The van der Waals surface area contributed by atoms with Gasteiger partial charge in [0.05, 0.1) is 17.1 Å². The Morgan fingerprint density at radius 3 is 2.40 bits per heavy atom. The van der Waals surface area contributed by atoms with Gasteiger partial charge >= 0.3 is 0 Å². The lowest BCUT2D eigenvalue weighted by Gasteiger charge is -2.46. The third-order valence-electron chi connectivity index (χ3n) is 6.14. The highest BCUT2D eigenvalue weighted by atomic mass is 16.3. The van der Waals surface area contributed by atoms with E-state index in [4.69, 9.17) is 0 Å². The van der Waals surface area contributed by atoms with Gasteiger partial charge in [-0.1, -0.05) is 46.5 Å². The van der Waals surface area contributed by atoms with Crippen molar-refractivity contribution in [3.8, 4) is 6.07 Å². The van der Waals surface area contributed by atoms with E-state index in [-0.39, 0.29) is 0 Å². The third-order valence-corrected chi connectivity index (χ3v) is 6.14. The lowest BCUT2D eigenvalue weighted by atomic mass is 9.59. The van der Waals surface area contributed by atoms with E-state index < -0.39 is 11.0 Å². The monoisotopic (exact) mass is 277 g/mol. The lowest BCUT2D eigenvalue weighted by molar-refractivity contribution is -0.0914. The van der Waals surface area contributed by atoms with Crippen LogP contribution in [0.3, 0.4) is 0 Å². The van der Waals surface area contributed by atoms with E-state index in [1.807, 2.05) is 0 Å². The van der Waals surface area contributed by atoms with Crippen LogP contribution in [0.1, 0.15) is 78.6 Å². The summed E-state index contributed by atoms with van der Waals surface area (Å²) in [6.07, 6.45) is 9.16. The highest BCUT2D eigenvalue weighted by Crippen LogP contribution is 2.52. The third kappa shape index (κ3) is 2.89. The Kier molecular flexibility index (Phi) is 4.80. The summed E-state index contributed by atoms with van der Waals surface area (Å²) in [4.78, 5) is 0. The first-order chi connectivity index (χ1) is 9.42. The van der Waals surface area contributed by atoms with Crippen LogP contribution in [-0.4, -0.2) is 10.7 Å². The minimum absolute atomic E-state index is 0.476. The second kappa shape index (κ2) is 6.06. The van der Waals surface area contributed by atoms with E-state index in [1.165, 1.54) is 12.8 Å². The number of hydrogen-bond donors (Lipinski definition) is 1. The molecular weight excluding hydrogens is 246 g/mol. The Balaban J connectivity index is 2.18. The molecule has 0 aromatic heterocycles. The van der Waals surface area contributed by atoms with Crippen LogP contribution in [0.5, 0.6) is 0 Å². The molecule has 0 radical (unpaired) electrons. The highest BCUT2D eigenvalue weighted by molar-refractivity contribution is 5.13. The summed E-state index contributed by atoms with van der Waals surface area (Å²) in [6, 6.07) is 2.58. The molecular formula is C18H31NO. The predicted molar refractivity (Wildman–Crippen MR) is 82.0 cm³/mol. The average molecular weight is 277 g/mol. The van der Waals surface area contributed by atoms with Crippen molar-refractivity contribution in [1.29, 1.82) is 5.26 Å². The van der Waals surface area contributed by atoms with Crippen molar-refractivity contribution in [2.75, 3.05) is 0 Å². The molecule has 0 aliphatic heterocycles. The summed E-state index contributed by atoms with van der Waals surface area (Å²) < 4.78 is 0. The normalized spacial score (nSPS) is 43.0. The molecule has 4 unspecified atom stereocenters. The van der Waals surface area contributed by atoms with Crippen LogP contribution in [0.4, 0.5) is 0 Å². The minimum Gasteiger partial charge on any atom is -0.388 e. The Morgan fingerprint density at radius 2 is 1.80 bits per heavy atom. The van der Waals surface area contributed by atoms with Crippen LogP contribution in [0.2, 0.25) is 0 Å². The summed E-state index contributed by atoms with van der Waals surface area (Å²) in [5.41, 5.74) is -1.21. The summed E-state index contributed by atoms with van der Waals surface area (Å²) in [5, 5.41) is 21.2. The molecule has 2 fully saturated rings. The van der Waals surface area contributed by atoms with Crippen LogP contribution in [-0.2, 0) is 0 Å². The van der Waals surface area contributed by atoms with Gasteiger partial charge in [-0.25, -0.2) is 0 Å². The maximum atomic E-state index is 11.3. The van der Waals surface area contributed by atoms with Crippen LogP contribution in [0, 0.1) is 34.5 Å². The van der Waals surface area contributed by atoms with Crippen LogP contribution in [0.15, 0.2) is 0 Å². The topological polar surface area (TPSA) is 44.0 Å². The largest absolute Gasteiger partial charge is 0.388 e. The van der Waals surface area contributed by atoms with Gasteiger partial charge in [-0.3, -0.25) is 0 Å². The number of rotatable bonds is 2. The minimum atomic E-state index is -0.736. The van der Waals surface area contributed by atoms with Gasteiger partial charge in [0.25, 0.3) is 0 Å². The zero-order valence-corrected chi connectivity index (χ0v) is 13.5. The van der Waals surface area contributed by atoms with Gasteiger partial charge < -0.3 is 5.11 Å². The zero-order chi connectivity index (χ0) is 14.8. The average Bonchev–Trinajstić information content (AvgIpc) is 2.62. The lowest BCUT2D eigenvalue weighted by Crippen LogP contribution is -2.49. The number of hydrogen-bond acceptors (Lipinski definition) is 2. The van der Waals surface area contributed by atoms with Crippen molar-refractivity contribution in [3.63, 3.8) is 0 Å². The smallest absolute Gasteiger partial charge is 0.0862 e. The number of nitriles is 1. The molecule has 0 amide bonds. The fourth-order valence-corrected chi connectivity index (χ4v) is 4.67. The molecule has 2 nitrogen and oxygen atoms in total. The standard InChI is InChI=1S/C18H31NO/c1-14(2)16-7-5-10-18(20,11-8-16)17(13-19)9-4-6-15(3)12-17/h14-16,20H,4-12H2,1-3H3. The van der Waals surface area contributed by atoms with E-state index in [2.05, 4.69) is 26.8 Å². The first-order valence-electron chi connectivity index (χ1n) is 8.56. The van der Waals surface area contributed by atoms with Crippen molar-refractivity contribution in [2.45, 2.75) is 84.2 Å². The van der Waals surface area contributed by atoms with E-state index in [0.29, 0.717) is 11.8 Å². The second-order valence-electron chi connectivity index (χ2n) is 7.86. The molecule has 0 spiro atoms. The van der Waals surface area contributed by atoms with Crippen molar-refractivity contribution in [1.82, 2.24) is 0 Å². The van der Waals surface area contributed by atoms with E-state index in [0.717, 1.165) is 50.9 Å². The maximum absolute atomic E-state index is 11.3. The molecule has 20 heavy (non-hydrogen) atoms. The molecule has 2 heteroatoms. The SMILES string of the molecule is CC1CCCC(C#N)(C2(O)CCCC(C(C)C)CC2)C1. The molecule has 114 valence electrons. The molecule has 0 bridgehead atoms. The molecule has 2 aliphatic carbocycles. The van der Waals surface area contributed by atoms with Gasteiger partial charge in [-0.15, -0.1) is 0 Å². The molecule has 2 saturated carbocycles. The molecule has 2 rings (SSSR count). The van der Waals surface area contributed by atoms with Gasteiger partial charge in [0, 0.05) is 0 Å². The molecule has 0 aromatic carbocycles. The summed E-state index contributed by atoms with van der Waals surface area (Å²) in [5.74, 6) is 2.00. The molecule has 4 atom stereocenters. The molecule has 1 N–H and O–H groups in total. The number of nitrogens with zero attached hydrogens (tertiary/aromatic N) is 1. The zero-order valence-electron chi connectivity index (χ0n) is 13.5. The van der Waals surface area contributed by atoms with Crippen molar-refractivity contribution >= 4 is 0 Å². The van der Waals surface area contributed by atoms with Crippen LogP contribution < -0.4 is 0 Å². The Morgan fingerprint density at radius 1 is 1.10 bits per heavy atom. The molecule has 2 aliphatic rings. The Hall–Kier alpha value is -0.550. The first kappa shape index (κ1) is 15.8. The fraction of sp³-hybridized carbons (Fsp3) is 0.944. The van der Waals surface area contributed by atoms with Gasteiger partial charge in [0.2, 0.25) is 0 Å². The van der Waals surface area contributed by atoms with Crippen molar-refractivity contribution in [3.05, 3.63) is 0 Å². The second-order valence-corrected chi connectivity index (χ2v) is 7.86. The first-order valence-corrected chi connectivity index (χ1v) is 8.56. The van der Waals surface area contributed by atoms with Crippen LogP contribution >= 0.6 is 0 Å². The highest BCUT2D eigenvalue weighted by Gasteiger charge is 2.52. The van der Waals surface area contributed by atoms with E-state index in [1.54, 1.807) is 0 Å². The molecule has 0 heterocycles. The Bertz CT molecular complexity index is 372. The fourth-order valence-electron chi connectivity index (χ4n) is 4.67. The maximum Gasteiger partial charge on any atom is 0.0862 e. The summed E-state index contributed by atoms with van der Waals surface area (Å²) >= 11 is 0. The van der Waals surface area contributed by atoms with Gasteiger partial charge in [-0.05, 0) is 49.9 Å². The molecule has 0 saturated heterocycles. The van der Waals surface area contributed by atoms with Crippen molar-refractivity contribution in [2.24, 2.45) is 23.2 Å². The van der Waals surface area contributed by atoms with Crippen LogP contribution in [0.25, 0.3) is 0 Å². The van der Waals surface area contributed by atoms with Gasteiger partial charge in [0.15, 0.2) is 0 Å². The Labute approximate surface area is 124 Å². The summed E-state index contributed by atoms with van der Waals surface area (Å²) in [6.45, 7) is 6.82. The van der Waals surface area contributed by atoms with Gasteiger partial charge in [0.1, 0.15) is 0 Å². The molecule has 0 aromatic rings. The number of aliphatic hydroxyl groups is 1. The van der Waals surface area contributed by atoms with Crippen molar-refractivity contribution < 1.29 is 5.11 Å². The quantitative estimate of drug-likeness (QED) is 0.745. The van der Waals surface area contributed by atoms with E-state index >= 15 is 0 Å².